The summed E-state index contributed by atoms with van der Waals surface area (Å²) < 4.78 is 10.8. The molecule has 7 nitrogen and oxygen atoms in total. The Hall–Kier alpha value is -1.12. The first-order valence-electron chi connectivity index (χ1n) is 5.50. The fourth-order valence-corrected chi connectivity index (χ4v) is 2.31. The van der Waals surface area contributed by atoms with Crippen LogP contribution in [0.4, 0.5) is 10.7 Å². The lowest BCUT2D eigenvalue weighted by molar-refractivity contribution is 0.177. The van der Waals surface area contributed by atoms with Crippen molar-refractivity contribution in [3.05, 3.63) is 10.2 Å². The van der Waals surface area contributed by atoms with Crippen molar-refractivity contribution in [3.8, 4) is 0 Å². The average Bonchev–Trinajstić information content (AvgIpc) is 2.86. The predicted octanol–water partition coefficient (Wildman–Crippen LogP) is 0.864. The SMILES string of the molecule is COCc1noc(N2C(=O)NCC2CCO)c1Br. The van der Waals surface area contributed by atoms with Crippen LogP contribution in [0.15, 0.2) is 9.00 Å². The number of halogens is 1. The number of methoxy groups -OCH3 is 1. The molecule has 1 aromatic heterocycles. The van der Waals surface area contributed by atoms with Crippen molar-refractivity contribution >= 4 is 27.8 Å². The topological polar surface area (TPSA) is 87.8 Å². The number of anilines is 1. The lowest BCUT2D eigenvalue weighted by Crippen LogP contribution is -2.34. The molecule has 0 radical (unpaired) electrons. The van der Waals surface area contributed by atoms with E-state index in [0.717, 1.165) is 0 Å². The quantitative estimate of drug-likeness (QED) is 0.840. The number of aliphatic hydroxyl groups excluding tert-OH is 1. The number of nitrogens with one attached hydrogen (secondary N) is 1. The van der Waals surface area contributed by atoms with E-state index in [1.807, 2.05) is 0 Å². The van der Waals surface area contributed by atoms with Crippen LogP contribution >= 0.6 is 15.9 Å². The Bertz CT molecular complexity index is 437. The first-order chi connectivity index (χ1) is 8.69. The average molecular weight is 320 g/mol. The van der Waals surface area contributed by atoms with Gasteiger partial charge in [0, 0.05) is 20.3 Å². The normalized spacial score (nSPS) is 19.4. The molecular formula is C10H14BrN3O4. The van der Waals surface area contributed by atoms with Crippen LogP contribution in [0, 0.1) is 0 Å². The second-order valence-electron chi connectivity index (χ2n) is 3.90. The molecule has 100 valence electrons. The Morgan fingerprint density at radius 2 is 2.50 bits per heavy atom. The summed E-state index contributed by atoms with van der Waals surface area (Å²) in [5.41, 5.74) is 0.593. The van der Waals surface area contributed by atoms with Gasteiger partial charge in [0.2, 0.25) is 5.88 Å². The molecule has 2 N–H and O–H groups in total. The number of aromatic nitrogens is 1. The highest BCUT2D eigenvalue weighted by molar-refractivity contribution is 9.10. The summed E-state index contributed by atoms with van der Waals surface area (Å²) in [6.45, 7) is 0.781. The first-order valence-corrected chi connectivity index (χ1v) is 6.29. The second kappa shape index (κ2) is 5.68. The maximum absolute atomic E-state index is 11.8. The van der Waals surface area contributed by atoms with Crippen molar-refractivity contribution in [2.45, 2.75) is 19.1 Å². The van der Waals surface area contributed by atoms with Crippen molar-refractivity contribution in [1.82, 2.24) is 10.5 Å². The van der Waals surface area contributed by atoms with Gasteiger partial charge in [-0.1, -0.05) is 5.16 Å². The van der Waals surface area contributed by atoms with Crippen molar-refractivity contribution in [2.24, 2.45) is 0 Å². The molecule has 2 rings (SSSR count). The third-order valence-corrected chi connectivity index (χ3v) is 3.52. The summed E-state index contributed by atoms with van der Waals surface area (Å²) in [6, 6.07) is -0.392. The molecule has 1 aromatic rings. The molecule has 0 aromatic carbocycles. The molecule has 8 heteroatoms. The molecule has 1 unspecified atom stereocenters. The summed E-state index contributed by atoms with van der Waals surface area (Å²) in [4.78, 5) is 13.2. The van der Waals surface area contributed by atoms with Gasteiger partial charge in [0.25, 0.3) is 0 Å². The van der Waals surface area contributed by atoms with Crippen LogP contribution in [-0.2, 0) is 11.3 Å². The van der Waals surface area contributed by atoms with E-state index in [2.05, 4.69) is 26.4 Å². The molecule has 2 amide bonds. The molecule has 1 fully saturated rings. The Morgan fingerprint density at radius 1 is 1.72 bits per heavy atom. The van der Waals surface area contributed by atoms with E-state index in [-0.39, 0.29) is 18.7 Å². The molecule has 0 saturated carbocycles. The van der Waals surface area contributed by atoms with Crippen LogP contribution < -0.4 is 10.2 Å². The number of ether oxygens (including phenoxy) is 1. The van der Waals surface area contributed by atoms with Crippen molar-refractivity contribution in [3.63, 3.8) is 0 Å². The Kier molecular flexibility index (Phi) is 4.20. The number of hydrogen-bond acceptors (Lipinski definition) is 5. The zero-order chi connectivity index (χ0) is 13.1. The highest BCUT2D eigenvalue weighted by atomic mass is 79.9. The molecule has 2 heterocycles. The monoisotopic (exact) mass is 319 g/mol. The van der Waals surface area contributed by atoms with Crippen molar-refractivity contribution in [1.29, 1.82) is 0 Å². The number of carbonyl (C=O) groups is 1. The van der Waals surface area contributed by atoms with Gasteiger partial charge in [0.15, 0.2) is 0 Å². The Balaban J connectivity index is 2.25. The number of nitrogens with zero attached hydrogens (tertiary/aromatic N) is 2. The lowest BCUT2D eigenvalue weighted by atomic mass is 10.2. The summed E-state index contributed by atoms with van der Waals surface area (Å²) in [6.07, 6.45) is 0.478. The van der Waals surface area contributed by atoms with Crippen LogP contribution in [0.2, 0.25) is 0 Å². The van der Waals surface area contributed by atoms with Gasteiger partial charge in [0.05, 0.1) is 12.6 Å². The van der Waals surface area contributed by atoms with Crippen LogP contribution in [-0.4, -0.2) is 42.6 Å². The number of carbonyl (C=O) groups excluding carboxylic acids is 1. The van der Waals surface area contributed by atoms with E-state index >= 15 is 0 Å². The van der Waals surface area contributed by atoms with Gasteiger partial charge in [-0.25, -0.2) is 4.79 Å². The zero-order valence-corrected chi connectivity index (χ0v) is 11.4. The summed E-state index contributed by atoms with van der Waals surface area (Å²) in [5.74, 6) is 0.343. The number of urea groups is 1. The summed E-state index contributed by atoms with van der Waals surface area (Å²) >= 11 is 3.35. The standard InChI is InChI=1S/C10H14BrN3O4/c1-17-5-7-8(11)9(18-13-7)14-6(2-3-15)4-12-10(14)16/h6,15H,2-5H2,1H3,(H,12,16). The van der Waals surface area contributed by atoms with Gasteiger partial charge in [-0.05, 0) is 22.4 Å². The number of aliphatic hydroxyl groups is 1. The minimum atomic E-state index is -0.255. The molecule has 0 aliphatic carbocycles. The third-order valence-electron chi connectivity index (χ3n) is 2.72. The molecule has 1 atom stereocenters. The lowest BCUT2D eigenvalue weighted by Gasteiger charge is -2.19. The van der Waals surface area contributed by atoms with E-state index in [9.17, 15) is 4.79 Å². The van der Waals surface area contributed by atoms with Crippen LogP contribution in [0.3, 0.4) is 0 Å². The maximum atomic E-state index is 11.8. The van der Waals surface area contributed by atoms with Gasteiger partial charge in [0.1, 0.15) is 10.2 Å². The van der Waals surface area contributed by atoms with Gasteiger partial charge >= 0.3 is 6.03 Å². The highest BCUT2D eigenvalue weighted by Crippen LogP contribution is 2.33. The van der Waals surface area contributed by atoms with E-state index in [0.29, 0.717) is 35.6 Å². The molecule has 1 aliphatic heterocycles. The third kappa shape index (κ3) is 2.36. The zero-order valence-electron chi connectivity index (χ0n) is 9.85. The molecule has 18 heavy (non-hydrogen) atoms. The number of rotatable bonds is 5. The van der Waals surface area contributed by atoms with Gasteiger partial charge in [-0.3, -0.25) is 4.90 Å². The summed E-state index contributed by atoms with van der Waals surface area (Å²) in [5, 5.41) is 15.5. The van der Waals surface area contributed by atoms with E-state index < -0.39 is 0 Å². The molecular weight excluding hydrogens is 306 g/mol. The Morgan fingerprint density at radius 3 is 3.17 bits per heavy atom. The van der Waals surface area contributed by atoms with Crippen molar-refractivity contribution < 1.29 is 19.2 Å². The fraction of sp³-hybridized carbons (Fsp3) is 0.600. The maximum Gasteiger partial charge on any atom is 0.324 e. The molecule has 1 aliphatic rings. The first kappa shape index (κ1) is 13.3. The van der Waals surface area contributed by atoms with Gasteiger partial charge in [-0.2, -0.15) is 0 Å². The van der Waals surface area contributed by atoms with Gasteiger partial charge < -0.3 is 19.7 Å². The van der Waals surface area contributed by atoms with Crippen LogP contribution in [0.1, 0.15) is 12.1 Å². The highest BCUT2D eigenvalue weighted by Gasteiger charge is 2.36. The van der Waals surface area contributed by atoms with Crippen LogP contribution in [0.25, 0.3) is 0 Å². The molecule has 0 bridgehead atoms. The Labute approximate surface area is 112 Å². The van der Waals surface area contributed by atoms with E-state index in [1.54, 1.807) is 7.11 Å². The smallest absolute Gasteiger partial charge is 0.324 e. The van der Waals surface area contributed by atoms with E-state index in [4.69, 9.17) is 14.4 Å². The largest absolute Gasteiger partial charge is 0.396 e. The van der Waals surface area contributed by atoms with Gasteiger partial charge in [-0.15, -0.1) is 0 Å². The second-order valence-corrected chi connectivity index (χ2v) is 4.70. The number of amides is 2. The minimum absolute atomic E-state index is 0.00676. The van der Waals surface area contributed by atoms with E-state index in [1.165, 1.54) is 4.90 Å². The van der Waals surface area contributed by atoms with Crippen LogP contribution in [0.5, 0.6) is 0 Å². The fourth-order valence-electron chi connectivity index (χ4n) is 1.86. The summed E-state index contributed by atoms with van der Waals surface area (Å²) in [7, 11) is 1.55. The number of hydrogen-bond donors (Lipinski definition) is 2. The molecule has 1 saturated heterocycles. The molecule has 0 spiro atoms. The minimum Gasteiger partial charge on any atom is -0.396 e. The predicted molar refractivity (Wildman–Crippen MR) is 66.3 cm³/mol. The van der Waals surface area contributed by atoms with Crippen molar-refractivity contribution in [2.75, 3.05) is 25.2 Å².